The zero-order valence-electron chi connectivity index (χ0n) is 14.5. The van der Waals surface area contributed by atoms with Gasteiger partial charge in [0.15, 0.2) is 0 Å². The number of nitrogens with zero attached hydrogens (tertiary/aromatic N) is 2. The van der Waals surface area contributed by atoms with Crippen LogP contribution in [0.5, 0.6) is 5.75 Å². The van der Waals surface area contributed by atoms with Crippen LogP contribution >= 0.6 is 15.9 Å². The van der Waals surface area contributed by atoms with Gasteiger partial charge in [0.05, 0.1) is 11.6 Å². The van der Waals surface area contributed by atoms with Crippen LogP contribution in [0.1, 0.15) is 18.4 Å². The van der Waals surface area contributed by atoms with Gasteiger partial charge in [0.2, 0.25) is 0 Å². The van der Waals surface area contributed by atoms with Gasteiger partial charge in [0.1, 0.15) is 5.75 Å². The van der Waals surface area contributed by atoms with Crippen LogP contribution < -0.4 is 4.74 Å². The Balaban J connectivity index is 1.25. The topological polar surface area (TPSA) is 15.7 Å². The summed E-state index contributed by atoms with van der Waals surface area (Å²) >= 11 is 3.59. The Labute approximate surface area is 153 Å². The van der Waals surface area contributed by atoms with E-state index < -0.39 is 0 Å². The molecular weight excluding hydrogens is 364 g/mol. The molecule has 0 radical (unpaired) electrons. The molecule has 3 atom stereocenters. The number of fused-ring (bicyclic) bond motifs is 2. The van der Waals surface area contributed by atoms with Gasteiger partial charge in [-0.2, -0.15) is 0 Å². The van der Waals surface area contributed by atoms with E-state index in [0.717, 1.165) is 34.5 Å². The van der Waals surface area contributed by atoms with Crippen molar-refractivity contribution in [1.82, 2.24) is 9.80 Å². The summed E-state index contributed by atoms with van der Waals surface area (Å²) in [6, 6.07) is 6.42. The van der Waals surface area contributed by atoms with Gasteiger partial charge in [-0.15, -0.1) is 0 Å². The Hall–Kier alpha value is -0.840. The number of hydrogen-bond donors (Lipinski definition) is 0. The number of methoxy groups -OCH3 is 1. The predicted octanol–water partition coefficient (Wildman–Crippen LogP) is 3.79. The number of rotatable bonds is 5. The predicted molar refractivity (Wildman–Crippen MR) is 101 cm³/mol. The van der Waals surface area contributed by atoms with Crippen LogP contribution in [-0.2, 0) is 6.54 Å². The van der Waals surface area contributed by atoms with E-state index in [1.165, 1.54) is 51.1 Å². The van der Waals surface area contributed by atoms with Gasteiger partial charge in [0, 0.05) is 39.3 Å². The molecule has 2 fully saturated rings. The van der Waals surface area contributed by atoms with Crippen LogP contribution in [0.25, 0.3) is 0 Å². The molecule has 4 heteroatoms. The minimum absolute atomic E-state index is 0.879. The molecule has 3 aliphatic rings. The first-order valence-electron chi connectivity index (χ1n) is 9.16. The lowest BCUT2D eigenvalue weighted by molar-refractivity contribution is 0.108. The van der Waals surface area contributed by atoms with Crippen LogP contribution in [0.2, 0.25) is 0 Å². The average Bonchev–Trinajstić information content (AvgIpc) is 3.20. The van der Waals surface area contributed by atoms with Crippen molar-refractivity contribution in [2.75, 3.05) is 39.8 Å². The quantitative estimate of drug-likeness (QED) is 0.711. The van der Waals surface area contributed by atoms with Crippen molar-refractivity contribution in [1.29, 1.82) is 0 Å². The number of allylic oxidation sites excluding steroid dienone is 2. The van der Waals surface area contributed by atoms with Gasteiger partial charge in [-0.1, -0.05) is 18.2 Å². The van der Waals surface area contributed by atoms with Crippen molar-refractivity contribution in [2.45, 2.75) is 19.4 Å². The van der Waals surface area contributed by atoms with E-state index in [0.29, 0.717) is 0 Å². The second kappa shape index (κ2) is 7.19. The van der Waals surface area contributed by atoms with Gasteiger partial charge >= 0.3 is 0 Å². The van der Waals surface area contributed by atoms with E-state index in [1.807, 2.05) is 0 Å². The molecular formula is C20H27BrN2O. The van der Waals surface area contributed by atoms with E-state index in [-0.39, 0.29) is 0 Å². The standard InChI is InChI=1S/C20H27BrN2O/c1-24-20-5-3-16(12-19(20)21)13-22-6-8-23(9-7-22)14-18-11-15-2-4-17(18)10-15/h2-5,12,15,17-18H,6-11,13-14H2,1H3/t15-,17+,18+/m1/s1. The summed E-state index contributed by atoms with van der Waals surface area (Å²) in [5.74, 6) is 3.60. The molecule has 1 aromatic rings. The molecule has 130 valence electrons. The van der Waals surface area contributed by atoms with Gasteiger partial charge in [-0.25, -0.2) is 0 Å². The first-order chi connectivity index (χ1) is 11.7. The summed E-state index contributed by atoms with van der Waals surface area (Å²) in [7, 11) is 1.71. The van der Waals surface area contributed by atoms with Gasteiger partial charge in [-0.05, 0) is 64.2 Å². The van der Waals surface area contributed by atoms with E-state index in [4.69, 9.17) is 4.74 Å². The highest BCUT2D eigenvalue weighted by Crippen LogP contribution is 2.43. The molecule has 2 bridgehead atoms. The average molecular weight is 391 g/mol. The molecule has 0 aromatic heterocycles. The van der Waals surface area contributed by atoms with Crippen LogP contribution in [0.3, 0.4) is 0 Å². The summed E-state index contributed by atoms with van der Waals surface area (Å²) in [4.78, 5) is 5.27. The molecule has 1 saturated carbocycles. The molecule has 1 aliphatic heterocycles. The number of ether oxygens (including phenoxy) is 1. The summed E-state index contributed by atoms with van der Waals surface area (Å²) in [5.41, 5.74) is 1.36. The maximum Gasteiger partial charge on any atom is 0.133 e. The largest absolute Gasteiger partial charge is 0.496 e. The molecule has 0 amide bonds. The van der Waals surface area contributed by atoms with Crippen molar-refractivity contribution in [3.63, 3.8) is 0 Å². The highest BCUT2D eigenvalue weighted by Gasteiger charge is 2.36. The van der Waals surface area contributed by atoms with Gasteiger partial charge in [0.25, 0.3) is 0 Å². The Morgan fingerprint density at radius 2 is 1.88 bits per heavy atom. The second-order valence-corrected chi connectivity index (χ2v) is 8.44. The fourth-order valence-corrected chi connectivity index (χ4v) is 5.22. The molecule has 0 N–H and O–H groups in total. The van der Waals surface area contributed by atoms with Crippen molar-refractivity contribution >= 4 is 15.9 Å². The van der Waals surface area contributed by atoms with Crippen molar-refractivity contribution in [2.24, 2.45) is 17.8 Å². The Bertz CT molecular complexity index is 610. The third kappa shape index (κ3) is 3.56. The molecule has 0 spiro atoms. The van der Waals surface area contributed by atoms with E-state index >= 15 is 0 Å². The SMILES string of the molecule is COc1ccc(CN2CCN(C[C@@H]3C[C@@H]4C=C[C@H]3C4)CC2)cc1Br. The fourth-order valence-electron chi connectivity index (χ4n) is 4.63. The molecule has 1 heterocycles. The fraction of sp³-hybridized carbons (Fsp3) is 0.600. The summed E-state index contributed by atoms with van der Waals surface area (Å²) in [6.07, 6.45) is 7.79. The first kappa shape index (κ1) is 16.6. The smallest absolute Gasteiger partial charge is 0.133 e. The number of halogens is 1. The zero-order valence-corrected chi connectivity index (χ0v) is 16.0. The molecule has 1 saturated heterocycles. The molecule has 4 rings (SSSR count). The minimum Gasteiger partial charge on any atom is -0.496 e. The summed E-state index contributed by atoms with van der Waals surface area (Å²) in [5, 5.41) is 0. The lowest BCUT2D eigenvalue weighted by atomic mass is 9.93. The Kier molecular flexibility index (Phi) is 4.98. The highest BCUT2D eigenvalue weighted by atomic mass is 79.9. The van der Waals surface area contributed by atoms with Crippen molar-refractivity contribution < 1.29 is 4.74 Å². The molecule has 24 heavy (non-hydrogen) atoms. The summed E-state index contributed by atoms with van der Waals surface area (Å²) in [6.45, 7) is 7.14. The maximum absolute atomic E-state index is 5.32. The number of hydrogen-bond acceptors (Lipinski definition) is 3. The lowest BCUT2D eigenvalue weighted by Gasteiger charge is -2.37. The van der Waals surface area contributed by atoms with Gasteiger partial charge in [-0.3, -0.25) is 4.90 Å². The monoisotopic (exact) mass is 390 g/mol. The third-order valence-electron chi connectivity index (χ3n) is 6.00. The van der Waals surface area contributed by atoms with E-state index in [9.17, 15) is 0 Å². The number of piperazine rings is 1. The molecule has 0 unspecified atom stereocenters. The van der Waals surface area contributed by atoms with Gasteiger partial charge < -0.3 is 9.64 Å². The second-order valence-electron chi connectivity index (χ2n) is 7.59. The maximum atomic E-state index is 5.32. The number of benzene rings is 1. The molecule has 3 nitrogen and oxygen atoms in total. The Morgan fingerprint density at radius 1 is 1.08 bits per heavy atom. The minimum atomic E-state index is 0.879. The first-order valence-corrected chi connectivity index (χ1v) is 9.96. The van der Waals surface area contributed by atoms with Crippen LogP contribution in [0, 0.1) is 17.8 Å². The molecule has 1 aromatic carbocycles. The van der Waals surface area contributed by atoms with Crippen LogP contribution in [-0.4, -0.2) is 49.6 Å². The zero-order chi connectivity index (χ0) is 16.5. The lowest BCUT2D eigenvalue weighted by Crippen LogP contribution is -2.47. The van der Waals surface area contributed by atoms with Crippen molar-refractivity contribution in [3.05, 3.63) is 40.4 Å². The van der Waals surface area contributed by atoms with Crippen LogP contribution in [0.4, 0.5) is 0 Å². The van der Waals surface area contributed by atoms with Crippen LogP contribution in [0.15, 0.2) is 34.8 Å². The van der Waals surface area contributed by atoms with Crippen molar-refractivity contribution in [3.8, 4) is 5.75 Å². The third-order valence-corrected chi connectivity index (χ3v) is 6.62. The summed E-state index contributed by atoms with van der Waals surface area (Å²) < 4.78 is 6.36. The normalized spacial score (nSPS) is 30.2. The molecule has 2 aliphatic carbocycles. The Morgan fingerprint density at radius 3 is 2.50 bits per heavy atom. The van der Waals surface area contributed by atoms with E-state index in [2.05, 4.69) is 56.1 Å². The van der Waals surface area contributed by atoms with E-state index in [1.54, 1.807) is 7.11 Å². The highest BCUT2D eigenvalue weighted by molar-refractivity contribution is 9.10.